The molecule has 0 aliphatic rings. The molecule has 0 aliphatic heterocycles. The lowest BCUT2D eigenvalue weighted by molar-refractivity contribution is 0.737. The second kappa shape index (κ2) is 6.20. The maximum Gasteiger partial charge on any atom is 0.124 e. The largest absolute Gasteiger partial charge is 0.388 e. The minimum absolute atomic E-state index is 0.157. The highest BCUT2D eigenvalue weighted by Crippen LogP contribution is 2.27. The minimum Gasteiger partial charge on any atom is -0.388 e. The molecule has 1 heterocycles. The van der Waals surface area contributed by atoms with E-state index in [0.717, 1.165) is 16.3 Å². The fourth-order valence-corrected chi connectivity index (χ4v) is 2.33. The topological polar surface area (TPSA) is 42.2 Å². The first-order valence-electron chi connectivity index (χ1n) is 6.24. The molecular formula is C15H16ClN3S. The average molecular weight is 306 g/mol. The molecule has 0 radical (unpaired) electrons. The maximum absolute atomic E-state index is 5.92. The number of halogens is 1. The van der Waals surface area contributed by atoms with Crippen LogP contribution in [0.2, 0.25) is 5.02 Å². The molecule has 0 amide bonds. The minimum atomic E-state index is 0.157. The van der Waals surface area contributed by atoms with Crippen molar-refractivity contribution in [3.8, 4) is 0 Å². The molecule has 1 aromatic heterocycles. The molecule has 2 rings (SSSR count). The summed E-state index contributed by atoms with van der Waals surface area (Å²) in [6, 6.07) is 11.8. The van der Waals surface area contributed by atoms with Crippen molar-refractivity contribution in [2.24, 2.45) is 5.73 Å². The summed E-state index contributed by atoms with van der Waals surface area (Å²) in [4.78, 5) is 6.66. The SMILES string of the molecule is CC(c1ccc(Cl)cc1)N(C)c1cccnc1C(N)=S. The number of aromatic nitrogens is 1. The molecule has 20 heavy (non-hydrogen) atoms. The van der Waals surface area contributed by atoms with E-state index in [4.69, 9.17) is 29.6 Å². The number of anilines is 1. The van der Waals surface area contributed by atoms with Crippen molar-refractivity contribution in [1.29, 1.82) is 0 Å². The van der Waals surface area contributed by atoms with Crippen LogP contribution in [0.1, 0.15) is 24.2 Å². The number of pyridine rings is 1. The summed E-state index contributed by atoms with van der Waals surface area (Å²) in [6.45, 7) is 2.11. The van der Waals surface area contributed by atoms with Crippen LogP contribution in [0, 0.1) is 0 Å². The maximum atomic E-state index is 5.92. The molecular weight excluding hydrogens is 290 g/mol. The molecule has 3 nitrogen and oxygen atoms in total. The third kappa shape index (κ3) is 3.08. The van der Waals surface area contributed by atoms with Gasteiger partial charge in [0.25, 0.3) is 0 Å². The molecule has 0 saturated carbocycles. The van der Waals surface area contributed by atoms with Gasteiger partial charge in [-0.15, -0.1) is 0 Å². The molecule has 2 aromatic rings. The quantitative estimate of drug-likeness (QED) is 0.877. The summed E-state index contributed by atoms with van der Waals surface area (Å²) < 4.78 is 0. The molecule has 0 saturated heterocycles. The van der Waals surface area contributed by atoms with Gasteiger partial charge in [0.2, 0.25) is 0 Å². The van der Waals surface area contributed by atoms with E-state index in [2.05, 4.69) is 16.8 Å². The van der Waals surface area contributed by atoms with Crippen LogP contribution in [0.3, 0.4) is 0 Å². The predicted octanol–water partition coefficient (Wildman–Crippen LogP) is 3.57. The summed E-state index contributed by atoms with van der Waals surface area (Å²) >= 11 is 11.0. The Morgan fingerprint density at radius 3 is 2.55 bits per heavy atom. The number of nitrogens with two attached hydrogens (primary N) is 1. The third-order valence-electron chi connectivity index (χ3n) is 3.33. The van der Waals surface area contributed by atoms with E-state index in [1.165, 1.54) is 0 Å². The number of rotatable bonds is 4. The second-order valence-corrected chi connectivity index (χ2v) is 5.45. The summed E-state index contributed by atoms with van der Waals surface area (Å²) in [6.07, 6.45) is 1.69. The zero-order valence-corrected chi connectivity index (χ0v) is 12.9. The van der Waals surface area contributed by atoms with Gasteiger partial charge in [-0.2, -0.15) is 0 Å². The normalized spacial score (nSPS) is 11.9. The highest BCUT2D eigenvalue weighted by Gasteiger charge is 2.16. The third-order valence-corrected chi connectivity index (χ3v) is 3.78. The van der Waals surface area contributed by atoms with E-state index >= 15 is 0 Å². The molecule has 0 bridgehead atoms. The first-order valence-corrected chi connectivity index (χ1v) is 7.02. The zero-order valence-electron chi connectivity index (χ0n) is 11.4. The van der Waals surface area contributed by atoms with Crippen molar-refractivity contribution < 1.29 is 0 Å². The Morgan fingerprint density at radius 2 is 1.95 bits per heavy atom. The summed E-state index contributed by atoms with van der Waals surface area (Å²) in [5.41, 5.74) is 8.46. The van der Waals surface area contributed by atoms with Gasteiger partial charge in [-0.1, -0.05) is 36.0 Å². The van der Waals surface area contributed by atoms with Crippen LogP contribution in [-0.2, 0) is 0 Å². The summed E-state index contributed by atoms with van der Waals surface area (Å²) in [7, 11) is 2.00. The standard InChI is InChI=1S/C15H16ClN3S/c1-10(11-5-7-12(16)8-6-11)19(2)13-4-3-9-18-14(13)15(17)20/h3-10H,1-2H3,(H2,17,20). The fourth-order valence-electron chi connectivity index (χ4n) is 2.04. The van der Waals surface area contributed by atoms with Crippen LogP contribution in [0.5, 0.6) is 0 Å². The van der Waals surface area contributed by atoms with Gasteiger partial charge in [0, 0.05) is 18.3 Å². The highest BCUT2D eigenvalue weighted by atomic mass is 35.5. The molecule has 0 spiro atoms. The Morgan fingerprint density at radius 1 is 1.30 bits per heavy atom. The van der Waals surface area contributed by atoms with Crippen LogP contribution >= 0.6 is 23.8 Å². The van der Waals surface area contributed by atoms with E-state index in [1.807, 2.05) is 43.4 Å². The van der Waals surface area contributed by atoms with Gasteiger partial charge in [0.15, 0.2) is 0 Å². The van der Waals surface area contributed by atoms with Gasteiger partial charge in [-0.25, -0.2) is 0 Å². The van der Waals surface area contributed by atoms with E-state index < -0.39 is 0 Å². The van der Waals surface area contributed by atoms with Crippen molar-refractivity contribution in [2.45, 2.75) is 13.0 Å². The molecule has 0 fully saturated rings. The zero-order chi connectivity index (χ0) is 14.7. The van der Waals surface area contributed by atoms with Crippen molar-refractivity contribution in [2.75, 3.05) is 11.9 Å². The molecule has 5 heteroatoms. The second-order valence-electron chi connectivity index (χ2n) is 4.57. The fraction of sp³-hybridized carbons (Fsp3) is 0.200. The Balaban J connectivity index is 2.33. The molecule has 1 atom stereocenters. The lowest BCUT2D eigenvalue weighted by atomic mass is 10.1. The van der Waals surface area contributed by atoms with Gasteiger partial charge in [-0.3, -0.25) is 4.98 Å². The van der Waals surface area contributed by atoms with Gasteiger partial charge in [0.1, 0.15) is 10.7 Å². The van der Waals surface area contributed by atoms with Gasteiger partial charge in [-0.05, 0) is 36.8 Å². The molecule has 0 aliphatic carbocycles. The van der Waals surface area contributed by atoms with E-state index in [-0.39, 0.29) is 6.04 Å². The molecule has 1 aromatic carbocycles. The van der Waals surface area contributed by atoms with Gasteiger partial charge >= 0.3 is 0 Å². The van der Waals surface area contributed by atoms with Gasteiger partial charge in [0.05, 0.1) is 11.7 Å². The number of hydrogen-bond donors (Lipinski definition) is 1. The lowest BCUT2D eigenvalue weighted by Crippen LogP contribution is -2.25. The first-order chi connectivity index (χ1) is 9.50. The Labute approximate surface area is 129 Å². The molecule has 104 valence electrons. The van der Waals surface area contributed by atoms with E-state index in [9.17, 15) is 0 Å². The number of thiocarbonyl (C=S) groups is 1. The van der Waals surface area contributed by atoms with Crippen LogP contribution < -0.4 is 10.6 Å². The Kier molecular flexibility index (Phi) is 4.57. The average Bonchev–Trinajstić information content (AvgIpc) is 2.46. The van der Waals surface area contributed by atoms with Crippen molar-refractivity contribution in [1.82, 2.24) is 4.98 Å². The number of hydrogen-bond acceptors (Lipinski definition) is 3. The van der Waals surface area contributed by atoms with E-state index in [1.54, 1.807) is 6.20 Å². The number of benzene rings is 1. The van der Waals surface area contributed by atoms with Crippen molar-refractivity contribution in [3.63, 3.8) is 0 Å². The summed E-state index contributed by atoms with van der Waals surface area (Å²) in [5, 5.41) is 0.730. The van der Waals surface area contributed by atoms with Crippen LogP contribution in [0.15, 0.2) is 42.6 Å². The molecule has 2 N–H and O–H groups in total. The Hall–Kier alpha value is -1.65. The highest BCUT2D eigenvalue weighted by molar-refractivity contribution is 7.80. The van der Waals surface area contributed by atoms with Crippen LogP contribution in [0.25, 0.3) is 0 Å². The van der Waals surface area contributed by atoms with Crippen molar-refractivity contribution in [3.05, 3.63) is 58.9 Å². The molecule has 1 unspecified atom stereocenters. The van der Waals surface area contributed by atoms with Crippen LogP contribution in [-0.4, -0.2) is 17.0 Å². The lowest BCUT2D eigenvalue weighted by Gasteiger charge is -2.28. The van der Waals surface area contributed by atoms with E-state index in [0.29, 0.717) is 10.7 Å². The summed E-state index contributed by atoms with van der Waals surface area (Å²) in [5.74, 6) is 0. The van der Waals surface area contributed by atoms with Gasteiger partial charge < -0.3 is 10.6 Å². The smallest absolute Gasteiger partial charge is 0.124 e. The van der Waals surface area contributed by atoms with Crippen molar-refractivity contribution >= 4 is 34.5 Å². The predicted molar refractivity (Wildman–Crippen MR) is 88.4 cm³/mol. The number of nitrogens with zero attached hydrogens (tertiary/aromatic N) is 2. The first kappa shape index (κ1) is 14.8. The Bertz CT molecular complexity index is 613. The monoisotopic (exact) mass is 305 g/mol. The van der Waals surface area contributed by atoms with Crippen LogP contribution in [0.4, 0.5) is 5.69 Å².